The molecule has 0 atom stereocenters. The van der Waals surface area contributed by atoms with Gasteiger partial charge in [0.2, 0.25) is 5.82 Å². The number of alkyl halides is 3. The summed E-state index contributed by atoms with van der Waals surface area (Å²) in [4.78, 5) is 13.8. The lowest BCUT2D eigenvalue weighted by Gasteiger charge is -2.12. The second kappa shape index (κ2) is 4.77. The number of hydrogen-bond donors (Lipinski definition) is 1. The van der Waals surface area contributed by atoms with Crippen LogP contribution in [0.15, 0.2) is 6.20 Å². The summed E-state index contributed by atoms with van der Waals surface area (Å²) in [5.41, 5.74) is 0.147. The quantitative estimate of drug-likeness (QED) is 0.893. The minimum Gasteiger partial charge on any atom is -0.481 e. The monoisotopic (exact) mass is 250 g/mol. The van der Waals surface area contributed by atoms with Gasteiger partial charge in [-0.15, -0.1) is 0 Å². The molecule has 7 heteroatoms. The topological polar surface area (TPSA) is 55.1 Å². The van der Waals surface area contributed by atoms with Crippen molar-refractivity contribution in [1.82, 2.24) is 9.55 Å². The minimum atomic E-state index is -4.52. The number of carboxylic acid groups (broad SMARTS) is 1. The largest absolute Gasteiger partial charge is 0.481 e. The van der Waals surface area contributed by atoms with Gasteiger partial charge < -0.3 is 9.67 Å². The fraction of sp³-hybridized carbons (Fsp3) is 0.600. The molecule has 1 aromatic rings. The van der Waals surface area contributed by atoms with Crippen molar-refractivity contribution in [2.24, 2.45) is 0 Å². The Labute approximate surface area is 96.1 Å². The molecule has 1 rings (SSSR count). The van der Waals surface area contributed by atoms with Gasteiger partial charge in [-0.3, -0.25) is 4.79 Å². The van der Waals surface area contributed by atoms with Crippen molar-refractivity contribution in [2.45, 2.75) is 38.9 Å². The molecule has 0 aromatic carbocycles. The standard InChI is InChI=1S/C10H13F3N2O2/c1-6(2)15-5-7(3-4-8(16)17)14-9(15)10(11,12)13/h5-6H,3-4H2,1-2H3,(H,16,17). The van der Waals surface area contributed by atoms with Crippen LogP contribution >= 0.6 is 0 Å². The molecule has 0 saturated carbocycles. The van der Waals surface area contributed by atoms with E-state index in [1.165, 1.54) is 6.20 Å². The number of carbonyl (C=O) groups is 1. The van der Waals surface area contributed by atoms with Crippen LogP contribution in [0.3, 0.4) is 0 Å². The summed E-state index contributed by atoms with van der Waals surface area (Å²) in [5.74, 6) is -2.04. The van der Waals surface area contributed by atoms with Gasteiger partial charge in [-0.2, -0.15) is 13.2 Å². The zero-order valence-electron chi connectivity index (χ0n) is 9.45. The summed E-state index contributed by atoms with van der Waals surface area (Å²) in [6.45, 7) is 3.22. The molecular weight excluding hydrogens is 237 g/mol. The first kappa shape index (κ1) is 13.5. The summed E-state index contributed by atoms with van der Waals surface area (Å²) in [6.07, 6.45) is -3.49. The number of carboxylic acids is 1. The van der Waals surface area contributed by atoms with Gasteiger partial charge in [0.1, 0.15) is 0 Å². The van der Waals surface area contributed by atoms with E-state index >= 15 is 0 Å². The molecule has 0 saturated heterocycles. The fourth-order valence-corrected chi connectivity index (χ4v) is 1.40. The number of aromatic nitrogens is 2. The number of nitrogens with zero attached hydrogens (tertiary/aromatic N) is 2. The van der Waals surface area contributed by atoms with E-state index in [4.69, 9.17) is 5.11 Å². The second-order valence-electron chi connectivity index (χ2n) is 3.95. The summed E-state index contributed by atoms with van der Waals surface area (Å²) in [5, 5.41) is 8.46. The third-order valence-electron chi connectivity index (χ3n) is 2.19. The van der Waals surface area contributed by atoms with Crippen LogP contribution in [0.5, 0.6) is 0 Å². The van der Waals surface area contributed by atoms with E-state index in [-0.39, 0.29) is 24.6 Å². The first-order valence-electron chi connectivity index (χ1n) is 5.08. The molecule has 96 valence electrons. The van der Waals surface area contributed by atoms with Crippen molar-refractivity contribution >= 4 is 5.97 Å². The van der Waals surface area contributed by atoms with Crippen LogP contribution < -0.4 is 0 Å². The van der Waals surface area contributed by atoms with Crippen molar-refractivity contribution < 1.29 is 23.1 Å². The number of aliphatic carboxylic acids is 1. The maximum atomic E-state index is 12.6. The molecule has 1 N–H and O–H groups in total. The maximum absolute atomic E-state index is 12.6. The summed E-state index contributed by atoms with van der Waals surface area (Å²) in [6, 6.07) is -0.377. The third-order valence-corrected chi connectivity index (χ3v) is 2.19. The van der Waals surface area contributed by atoms with E-state index in [1.807, 2.05) is 0 Å². The predicted molar refractivity (Wildman–Crippen MR) is 53.6 cm³/mol. The van der Waals surface area contributed by atoms with Gasteiger partial charge in [0, 0.05) is 18.7 Å². The molecule has 0 aliphatic rings. The van der Waals surface area contributed by atoms with Crippen LogP contribution in [0.1, 0.15) is 37.8 Å². The SMILES string of the molecule is CC(C)n1cc(CCC(=O)O)nc1C(F)(F)F. The number of imidazole rings is 1. The Balaban J connectivity index is 3.00. The van der Waals surface area contributed by atoms with E-state index in [9.17, 15) is 18.0 Å². The number of rotatable bonds is 4. The van der Waals surface area contributed by atoms with Gasteiger partial charge >= 0.3 is 12.1 Å². The van der Waals surface area contributed by atoms with Crippen LogP contribution in [-0.4, -0.2) is 20.6 Å². The van der Waals surface area contributed by atoms with Crippen LogP contribution in [0, 0.1) is 0 Å². The Morgan fingerprint density at radius 2 is 2.12 bits per heavy atom. The van der Waals surface area contributed by atoms with Gasteiger partial charge in [-0.05, 0) is 13.8 Å². The van der Waals surface area contributed by atoms with Gasteiger partial charge in [0.05, 0.1) is 12.1 Å². The Morgan fingerprint density at radius 3 is 2.47 bits per heavy atom. The van der Waals surface area contributed by atoms with Crippen LogP contribution in [-0.2, 0) is 17.4 Å². The first-order chi connectivity index (χ1) is 7.71. The molecule has 0 unspecified atom stereocenters. The summed E-state index contributed by atoms with van der Waals surface area (Å²) >= 11 is 0. The van der Waals surface area contributed by atoms with E-state index in [0.717, 1.165) is 4.57 Å². The lowest BCUT2D eigenvalue weighted by atomic mass is 10.2. The molecule has 0 aliphatic carbocycles. The van der Waals surface area contributed by atoms with Crippen molar-refractivity contribution in [2.75, 3.05) is 0 Å². The molecule has 1 heterocycles. The smallest absolute Gasteiger partial charge is 0.449 e. The predicted octanol–water partition coefficient (Wildman–Crippen LogP) is 2.50. The molecule has 0 bridgehead atoms. The van der Waals surface area contributed by atoms with Crippen molar-refractivity contribution in [3.63, 3.8) is 0 Å². The minimum absolute atomic E-state index is 0.00185. The highest BCUT2D eigenvalue weighted by atomic mass is 19.4. The van der Waals surface area contributed by atoms with E-state index in [2.05, 4.69) is 4.98 Å². The van der Waals surface area contributed by atoms with Crippen molar-refractivity contribution in [3.8, 4) is 0 Å². The van der Waals surface area contributed by atoms with Gasteiger partial charge in [-0.1, -0.05) is 0 Å². The Kier molecular flexibility index (Phi) is 3.79. The van der Waals surface area contributed by atoms with Crippen molar-refractivity contribution in [3.05, 3.63) is 17.7 Å². The molecule has 0 amide bonds. The zero-order chi connectivity index (χ0) is 13.2. The highest BCUT2D eigenvalue weighted by Gasteiger charge is 2.37. The molecule has 1 aromatic heterocycles. The van der Waals surface area contributed by atoms with Gasteiger partial charge in [0.15, 0.2) is 0 Å². The molecule has 0 radical (unpaired) electrons. The van der Waals surface area contributed by atoms with E-state index < -0.39 is 18.0 Å². The second-order valence-corrected chi connectivity index (χ2v) is 3.95. The highest BCUT2D eigenvalue weighted by molar-refractivity contribution is 5.66. The molecule has 0 spiro atoms. The normalized spacial score (nSPS) is 12.1. The fourth-order valence-electron chi connectivity index (χ4n) is 1.40. The molecule has 0 fully saturated rings. The lowest BCUT2D eigenvalue weighted by molar-refractivity contribution is -0.147. The van der Waals surface area contributed by atoms with Gasteiger partial charge in [0.25, 0.3) is 0 Å². The van der Waals surface area contributed by atoms with Gasteiger partial charge in [-0.25, -0.2) is 4.98 Å². The summed E-state index contributed by atoms with van der Waals surface area (Å²) in [7, 11) is 0. The van der Waals surface area contributed by atoms with Crippen LogP contribution in [0.2, 0.25) is 0 Å². The Bertz CT molecular complexity index is 410. The average molecular weight is 250 g/mol. The molecule has 4 nitrogen and oxygen atoms in total. The number of aryl methyl sites for hydroxylation is 1. The lowest BCUT2D eigenvalue weighted by Crippen LogP contribution is -2.15. The van der Waals surface area contributed by atoms with Crippen LogP contribution in [0.4, 0.5) is 13.2 Å². The molecule has 17 heavy (non-hydrogen) atoms. The maximum Gasteiger partial charge on any atom is 0.449 e. The Morgan fingerprint density at radius 1 is 1.53 bits per heavy atom. The average Bonchev–Trinajstić information content (AvgIpc) is 2.57. The van der Waals surface area contributed by atoms with Crippen molar-refractivity contribution in [1.29, 1.82) is 0 Å². The number of halogens is 3. The van der Waals surface area contributed by atoms with E-state index in [1.54, 1.807) is 13.8 Å². The highest BCUT2D eigenvalue weighted by Crippen LogP contribution is 2.30. The summed E-state index contributed by atoms with van der Waals surface area (Å²) < 4.78 is 38.9. The molecule has 0 aliphatic heterocycles. The molecular formula is C10H13F3N2O2. The third kappa shape index (κ3) is 3.47. The van der Waals surface area contributed by atoms with Crippen LogP contribution in [0.25, 0.3) is 0 Å². The number of hydrogen-bond acceptors (Lipinski definition) is 2. The Hall–Kier alpha value is -1.53. The van der Waals surface area contributed by atoms with E-state index in [0.29, 0.717) is 0 Å². The zero-order valence-corrected chi connectivity index (χ0v) is 9.45. The first-order valence-corrected chi connectivity index (χ1v) is 5.08.